The Kier molecular flexibility index (Phi) is 5.17. The second kappa shape index (κ2) is 8.70. The van der Waals surface area contributed by atoms with Crippen LogP contribution in [-0.2, 0) is 34.4 Å². The predicted molar refractivity (Wildman–Crippen MR) is 153 cm³/mol. The molecule has 2 fully saturated rings. The summed E-state index contributed by atoms with van der Waals surface area (Å²) < 4.78 is 0. The summed E-state index contributed by atoms with van der Waals surface area (Å²) in [6.07, 6.45) is 7.42. The molecule has 4 aromatic rings. The molecule has 1 saturated carbocycles. The van der Waals surface area contributed by atoms with E-state index in [0.717, 1.165) is 60.0 Å². The van der Waals surface area contributed by atoms with Crippen molar-refractivity contribution < 1.29 is 9.59 Å². The monoisotopic (exact) mass is 529 g/mol. The van der Waals surface area contributed by atoms with E-state index in [1.54, 1.807) is 6.20 Å². The molecule has 2 aliphatic carbocycles. The fourth-order valence-corrected chi connectivity index (χ4v) is 7.73. The van der Waals surface area contributed by atoms with Crippen molar-refractivity contribution in [1.29, 1.82) is 0 Å². The first-order valence-electron chi connectivity index (χ1n) is 14.3. The maximum atomic E-state index is 13.5. The van der Waals surface area contributed by atoms with Gasteiger partial charge in [0.15, 0.2) is 0 Å². The number of rotatable bonds is 3. The van der Waals surface area contributed by atoms with Crippen molar-refractivity contribution in [3.8, 4) is 0 Å². The first kappa shape index (κ1) is 23.8. The molecule has 2 atom stereocenters. The van der Waals surface area contributed by atoms with E-state index in [9.17, 15) is 9.59 Å². The maximum Gasteiger partial charge on any atom is 0.242 e. The average Bonchev–Trinajstić information content (AvgIpc) is 3.63. The Labute approximate surface area is 233 Å². The van der Waals surface area contributed by atoms with E-state index in [4.69, 9.17) is 4.98 Å². The van der Waals surface area contributed by atoms with Crippen molar-refractivity contribution in [2.24, 2.45) is 0 Å². The summed E-state index contributed by atoms with van der Waals surface area (Å²) in [6.45, 7) is 1.43. The summed E-state index contributed by atoms with van der Waals surface area (Å²) in [5.74, 6) is 0.808. The van der Waals surface area contributed by atoms with E-state index in [-0.39, 0.29) is 23.4 Å². The molecule has 7 heteroatoms. The number of carbonyl (C=O) groups is 2. The highest BCUT2D eigenvalue weighted by molar-refractivity contribution is 6.06. The highest BCUT2D eigenvalue weighted by Crippen LogP contribution is 2.47. The summed E-state index contributed by atoms with van der Waals surface area (Å²) in [4.78, 5) is 38.5. The number of hydrogen-bond donors (Lipinski definition) is 2. The van der Waals surface area contributed by atoms with E-state index in [0.29, 0.717) is 25.2 Å². The number of nitrogens with zero attached hydrogens (tertiary/aromatic N) is 3. The van der Waals surface area contributed by atoms with Crippen molar-refractivity contribution in [3.63, 3.8) is 0 Å². The molecule has 2 spiro atoms. The van der Waals surface area contributed by atoms with Gasteiger partial charge in [-0.2, -0.15) is 0 Å². The van der Waals surface area contributed by atoms with Gasteiger partial charge < -0.3 is 10.6 Å². The van der Waals surface area contributed by atoms with Crippen LogP contribution >= 0.6 is 0 Å². The fourth-order valence-electron chi connectivity index (χ4n) is 7.73. The molecule has 2 aliphatic heterocycles. The molecule has 4 aliphatic rings. The number of pyridine rings is 2. The van der Waals surface area contributed by atoms with Crippen molar-refractivity contribution in [1.82, 2.24) is 20.2 Å². The maximum absolute atomic E-state index is 13.5. The lowest BCUT2D eigenvalue weighted by molar-refractivity contribution is -0.134. The number of nitrogens with one attached hydrogen (secondary N) is 2. The molecular weight excluding hydrogens is 498 g/mol. The van der Waals surface area contributed by atoms with E-state index < -0.39 is 5.41 Å². The zero-order chi connectivity index (χ0) is 26.9. The highest BCUT2D eigenvalue weighted by atomic mass is 16.2. The number of carbonyl (C=O) groups excluding carboxylic acids is 2. The van der Waals surface area contributed by atoms with Gasteiger partial charge in [0.25, 0.3) is 0 Å². The van der Waals surface area contributed by atoms with Crippen LogP contribution in [0.4, 0.5) is 5.82 Å². The standard InChI is InChI=1S/C33H31N5O2/c39-30-28(21-7-2-1-3-8-21)38(20-32(37-30)12-4-5-13-32)19-25-11-10-22-15-23-17-33(18-24(23)16-27(22)35-25)26-9-6-14-34-29(26)36-31(33)40/h1-3,6-11,14-16,28H,4-5,12-13,17-20H2,(H,37,39)(H,34,36,40)/t28?,33-/m0/s1. The Morgan fingerprint density at radius 1 is 0.925 bits per heavy atom. The van der Waals surface area contributed by atoms with Gasteiger partial charge in [0.1, 0.15) is 11.9 Å². The summed E-state index contributed by atoms with van der Waals surface area (Å²) in [6, 6.07) is 22.3. The average molecular weight is 530 g/mol. The van der Waals surface area contributed by atoms with Gasteiger partial charge in [0.2, 0.25) is 11.8 Å². The van der Waals surface area contributed by atoms with Crippen LogP contribution < -0.4 is 10.6 Å². The molecule has 1 saturated heterocycles. The molecule has 40 heavy (non-hydrogen) atoms. The van der Waals surface area contributed by atoms with E-state index in [1.807, 2.05) is 42.5 Å². The largest absolute Gasteiger partial charge is 0.348 e. The topological polar surface area (TPSA) is 87.2 Å². The van der Waals surface area contributed by atoms with Gasteiger partial charge in [-0.05, 0) is 66.6 Å². The van der Waals surface area contributed by atoms with Crippen LogP contribution in [0.15, 0.2) is 72.9 Å². The first-order chi connectivity index (χ1) is 19.5. The molecule has 200 valence electrons. The summed E-state index contributed by atoms with van der Waals surface area (Å²) in [5.41, 5.74) is 5.55. The smallest absolute Gasteiger partial charge is 0.242 e. The predicted octanol–water partition coefficient (Wildman–Crippen LogP) is 4.60. The number of anilines is 1. The van der Waals surface area contributed by atoms with Gasteiger partial charge in [0.05, 0.1) is 22.2 Å². The molecule has 7 nitrogen and oxygen atoms in total. The van der Waals surface area contributed by atoms with Crippen LogP contribution in [-0.4, -0.2) is 38.8 Å². The summed E-state index contributed by atoms with van der Waals surface area (Å²) in [5, 5.41) is 7.49. The molecule has 2 aromatic carbocycles. The number of amides is 2. The summed E-state index contributed by atoms with van der Waals surface area (Å²) in [7, 11) is 0. The van der Waals surface area contributed by atoms with Gasteiger partial charge in [-0.15, -0.1) is 0 Å². The van der Waals surface area contributed by atoms with Gasteiger partial charge in [-0.3, -0.25) is 19.5 Å². The van der Waals surface area contributed by atoms with E-state index in [2.05, 4.69) is 44.8 Å². The zero-order valence-corrected chi connectivity index (χ0v) is 22.3. The lowest BCUT2D eigenvalue weighted by Crippen LogP contribution is -2.62. The third-order valence-corrected chi connectivity index (χ3v) is 9.59. The summed E-state index contributed by atoms with van der Waals surface area (Å²) >= 11 is 0. The zero-order valence-electron chi connectivity index (χ0n) is 22.3. The molecule has 4 heterocycles. The van der Waals surface area contributed by atoms with Crippen molar-refractivity contribution >= 4 is 28.5 Å². The molecule has 2 N–H and O–H groups in total. The van der Waals surface area contributed by atoms with Gasteiger partial charge in [-0.1, -0.05) is 55.3 Å². The molecule has 2 amide bonds. The second-order valence-corrected chi connectivity index (χ2v) is 12.1. The number of fused-ring (bicyclic) bond motifs is 4. The SMILES string of the molecule is O=C1NC2(CCCC2)CN(Cc2ccc3cc4c(cc3n2)C[C@]2(C4)C(=O)Nc3ncccc32)C1c1ccccc1. The van der Waals surface area contributed by atoms with Crippen LogP contribution in [0.25, 0.3) is 10.9 Å². The van der Waals surface area contributed by atoms with Gasteiger partial charge in [0, 0.05) is 30.2 Å². The molecule has 8 rings (SSSR count). The number of piperazine rings is 1. The van der Waals surface area contributed by atoms with Crippen LogP contribution in [0, 0.1) is 0 Å². The Morgan fingerprint density at radius 3 is 2.55 bits per heavy atom. The van der Waals surface area contributed by atoms with Gasteiger partial charge >= 0.3 is 0 Å². The normalized spacial score (nSPS) is 24.9. The van der Waals surface area contributed by atoms with Gasteiger partial charge in [-0.25, -0.2) is 4.98 Å². The van der Waals surface area contributed by atoms with Crippen LogP contribution in [0.3, 0.4) is 0 Å². The van der Waals surface area contributed by atoms with Crippen molar-refractivity contribution in [2.45, 2.75) is 62.1 Å². The van der Waals surface area contributed by atoms with Crippen molar-refractivity contribution in [3.05, 3.63) is 101 Å². The molecular formula is C33H31N5O2. The quantitative estimate of drug-likeness (QED) is 0.405. The molecule has 2 aromatic heterocycles. The van der Waals surface area contributed by atoms with Crippen molar-refractivity contribution in [2.75, 3.05) is 11.9 Å². The lowest BCUT2D eigenvalue weighted by Gasteiger charge is -2.45. The highest BCUT2D eigenvalue weighted by Gasteiger charge is 2.51. The lowest BCUT2D eigenvalue weighted by atomic mass is 9.79. The minimum atomic E-state index is -0.591. The minimum absolute atomic E-state index is 0.0336. The molecule has 1 unspecified atom stereocenters. The Bertz CT molecular complexity index is 1680. The Hall–Kier alpha value is -4.10. The fraction of sp³-hybridized carbons (Fsp3) is 0.333. The molecule has 0 bridgehead atoms. The Balaban J connectivity index is 1.13. The Morgan fingerprint density at radius 2 is 1.73 bits per heavy atom. The number of aromatic nitrogens is 2. The number of benzene rings is 2. The van der Waals surface area contributed by atoms with Crippen LogP contribution in [0.5, 0.6) is 0 Å². The van der Waals surface area contributed by atoms with Crippen LogP contribution in [0.1, 0.15) is 59.7 Å². The first-order valence-corrected chi connectivity index (χ1v) is 14.3. The van der Waals surface area contributed by atoms with E-state index >= 15 is 0 Å². The third-order valence-electron chi connectivity index (χ3n) is 9.59. The molecule has 0 radical (unpaired) electrons. The third kappa shape index (κ3) is 3.60. The second-order valence-electron chi connectivity index (χ2n) is 12.1. The van der Waals surface area contributed by atoms with E-state index in [1.165, 1.54) is 11.1 Å². The minimum Gasteiger partial charge on any atom is -0.348 e. The number of hydrogen-bond acceptors (Lipinski definition) is 5. The van der Waals surface area contributed by atoms with Crippen LogP contribution in [0.2, 0.25) is 0 Å².